The molecule has 4 heteroatoms. The topological polar surface area (TPSA) is 55.8 Å². The molecule has 1 aromatic heterocycles. The monoisotopic (exact) mass is 291 g/mol. The average molecular weight is 291 g/mol. The maximum absolute atomic E-state index is 11.9. The number of carbonyl (C=O) groups is 1. The van der Waals surface area contributed by atoms with Crippen molar-refractivity contribution in [2.24, 2.45) is 5.92 Å². The number of hydrogen-bond donors (Lipinski definition) is 1. The molecule has 2 N–H and O–H groups in total. The zero-order chi connectivity index (χ0) is 15.5. The van der Waals surface area contributed by atoms with Gasteiger partial charge in [-0.1, -0.05) is 0 Å². The predicted octanol–water partition coefficient (Wildman–Crippen LogP) is 2.16. The Kier molecular flexibility index (Phi) is 4.67. The minimum absolute atomic E-state index is 0.264. The summed E-state index contributed by atoms with van der Waals surface area (Å²) in [6.07, 6.45) is 6.47. The average Bonchev–Trinajstić information content (AvgIpc) is 2.36. The summed E-state index contributed by atoms with van der Waals surface area (Å²) in [4.78, 5) is 15.8. The van der Waals surface area contributed by atoms with Crippen molar-refractivity contribution in [3.8, 4) is 0 Å². The molecule has 0 spiro atoms. The molecule has 0 unspecified atom stereocenters. The lowest BCUT2D eigenvalue weighted by atomic mass is 9.75. The molecule has 2 rings (SSSR count). The summed E-state index contributed by atoms with van der Waals surface area (Å²) in [5.74, 6) is 0.339. The predicted molar refractivity (Wildman–Crippen MR) is 81.9 cm³/mol. The molecular weight excluding hydrogens is 264 g/mol. The van der Waals surface area contributed by atoms with E-state index in [2.05, 4.69) is 38.0 Å². The van der Waals surface area contributed by atoms with Crippen LogP contribution < -0.4 is 5.32 Å². The second-order valence-corrected chi connectivity index (χ2v) is 7.56. The molecule has 1 aliphatic heterocycles. The number of carbonyl (C=O) groups excluding carboxylic acids is 1. The van der Waals surface area contributed by atoms with Gasteiger partial charge in [-0.05, 0) is 52.2 Å². The van der Waals surface area contributed by atoms with Gasteiger partial charge in [0.1, 0.15) is 0 Å². The van der Waals surface area contributed by atoms with Crippen LogP contribution in [0.4, 0.5) is 0 Å². The van der Waals surface area contributed by atoms with Gasteiger partial charge in [-0.3, -0.25) is 4.98 Å². The van der Waals surface area contributed by atoms with Crippen LogP contribution in [0.5, 0.6) is 0 Å². The van der Waals surface area contributed by atoms with Crippen LogP contribution in [-0.4, -0.2) is 28.6 Å². The molecule has 1 fully saturated rings. The van der Waals surface area contributed by atoms with Crippen molar-refractivity contribution in [2.45, 2.75) is 58.0 Å². The molecule has 116 valence electrons. The second-order valence-electron chi connectivity index (χ2n) is 7.56. The van der Waals surface area contributed by atoms with Gasteiger partial charge >= 0.3 is 5.97 Å². The Bertz CT molecular complexity index is 467. The van der Waals surface area contributed by atoms with Crippen molar-refractivity contribution in [2.75, 3.05) is 6.61 Å². The Morgan fingerprint density at radius 2 is 2.00 bits per heavy atom. The number of rotatable bonds is 4. The molecule has 1 aliphatic rings. The van der Waals surface area contributed by atoms with Gasteiger partial charge in [-0.25, -0.2) is 4.79 Å². The molecule has 0 aromatic carbocycles. The number of nitrogens with zero attached hydrogens (tertiary/aromatic N) is 1. The molecule has 0 atom stereocenters. The standard InChI is InChI=1S/C17H26N2O2/c1-16(2)10-13(11-17(3,4)19-16)7-9-21-15(20)14-6-5-8-18-12-14/h5-6,8,12-13,19H,7,9-11H2,1-4H3/p+1. The number of hydrogen-bond acceptors (Lipinski definition) is 3. The first-order chi connectivity index (χ1) is 9.77. The molecule has 1 saturated heterocycles. The number of aromatic nitrogens is 1. The van der Waals surface area contributed by atoms with E-state index >= 15 is 0 Å². The van der Waals surface area contributed by atoms with E-state index in [1.54, 1.807) is 24.5 Å². The van der Waals surface area contributed by atoms with Crippen LogP contribution in [0.15, 0.2) is 24.5 Å². The molecule has 1 aromatic rings. The van der Waals surface area contributed by atoms with Crippen molar-refractivity contribution in [3.05, 3.63) is 30.1 Å². The summed E-state index contributed by atoms with van der Waals surface area (Å²) in [6, 6.07) is 3.48. The Morgan fingerprint density at radius 1 is 1.33 bits per heavy atom. The summed E-state index contributed by atoms with van der Waals surface area (Å²) in [5, 5.41) is 2.47. The fraction of sp³-hybridized carbons (Fsp3) is 0.647. The number of piperidine rings is 1. The lowest BCUT2D eigenvalue weighted by Gasteiger charge is -2.43. The van der Waals surface area contributed by atoms with Crippen LogP contribution in [0, 0.1) is 5.92 Å². The van der Waals surface area contributed by atoms with Gasteiger partial charge in [-0.15, -0.1) is 0 Å². The van der Waals surface area contributed by atoms with E-state index in [-0.39, 0.29) is 17.0 Å². The first kappa shape index (κ1) is 16.0. The first-order valence-electron chi connectivity index (χ1n) is 7.72. The molecule has 0 saturated carbocycles. The maximum Gasteiger partial charge on any atom is 0.339 e. The van der Waals surface area contributed by atoms with Gasteiger partial charge in [0.25, 0.3) is 0 Å². The second kappa shape index (κ2) is 6.14. The number of pyridine rings is 1. The molecule has 0 bridgehead atoms. The molecule has 0 amide bonds. The zero-order valence-electron chi connectivity index (χ0n) is 13.6. The molecular formula is C17H27N2O2+. The van der Waals surface area contributed by atoms with E-state index in [9.17, 15) is 4.79 Å². The van der Waals surface area contributed by atoms with Crippen molar-refractivity contribution >= 4 is 5.97 Å². The summed E-state index contributed by atoms with van der Waals surface area (Å²) in [7, 11) is 0. The molecule has 2 heterocycles. The largest absolute Gasteiger partial charge is 0.462 e. The van der Waals surface area contributed by atoms with E-state index in [4.69, 9.17) is 4.74 Å². The van der Waals surface area contributed by atoms with E-state index in [1.807, 2.05) is 0 Å². The Morgan fingerprint density at radius 3 is 2.57 bits per heavy atom. The summed E-state index contributed by atoms with van der Waals surface area (Å²) >= 11 is 0. The third-order valence-corrected chi connectivity index (χ3v) is 4.07. The van der Waals surface area contributed by atoms with Crippen LogP contribution in [0.2, 0.25) is 0 Å². The normalized spacial score (nSPS) is 21.0. The van der Waals surface area contributed by atoms with E-state index in [0.717, 1.165) is 6.42 Å². The van der Waals surface area contributed by atoms with Crippen LogP contribution in [0.3, 0.4) is 0 Å². The third-order valence-electron chi connectivity index (χ3n) is 4.07. The van der Waals surface area contributed by atoms with Gasteiger partial charge < -0.3 is 10.1 Å². The molecule has 21 heavy (non-hydrogen) atoms. The van der Waals surface area contributed by atoms with E-state index in [0.29, 0.717) is 18.1 Å². The fourth-order valence-corrected chi connectivity index (χ4v) is 3.83. The highest BCUT2D eigenvalue weighted by molar-refractivity contribution is 5.88. The highest BCUT2D eigenvalue weighted by atomic mass is 16.5. The van der Waals surface area contributed by atoms with Crippen LogP contribution >= 0.6 is 0 Å². The molecule has 0 radical (unpaired) electrons. The summed E-state index contributed by atoms with van der Waals surface area (Å²) in [6.45, 7) is 9.67. The highest BCUT2D eigenvalue weighted by Gasteiger charge is 2.41. The van der Waals surface area contributed by atoms with Gasteiger partial charge in [-0.2, -0.15) is 0 Å². The van der Waals surface area contributed by atoms with Gasteiger partial charge in [0.05, 0.1) is 23.2 Å². The molecule has 4 nitrogen and oxygen atoms in total. The minimum atomic E-state index is -0.274. The number of esters is 1. The molecule has 0 aliphatic carbocycles. The number of nitrogens with two attached hydrogens (primary N) is 1. The van der Waals surface area contributed by atoms with E-state index < -0.39 is 0 Å². The minimum Gasteiger partial charge on any atom is -0.462 e. The zero-order valence-corrected chi connectivity index (χ0v) is 13.6. The summed E-state index contributed by atoms with van der Waals surface area (Å²) < 4.78 is 5.38. The van der Waals surface area contributed by atoms with Gasteiger partial charge in [0.2, 0.25) is 0 Å². The SMILES string of the molecule is CC1(C)CC(CCOC(=O)c2cccnc2)CC(C)(C)[NH2+]1. The Labute approximate surface area is 127 Å². The number of quaternary nitrogens is 1. The van der Waals surface area contributed by atoms with Crippen LogP contribution in [0.1, 0.15) is 57.3 Å². The van der Waals surface area contributed by atoms with E-state index in [1.165, 1.54) is 12.8 Å². The van der Waals surface area contributed by atoms with Crippen LogP contribution in [0.25, 0.3) is 0 Å². The maximum atomic E-state index is 11.9. The van der Waals surface area contributed by atoms with Crippen LogP contribution in [-0.2, 0) is 4.74 Å². The number of ether oxygens (including phenoxy) is 1. The van der Waals surface area contributed by atoms with Crippen molar-refractivity contribution < 1.29 is 14.8 Å². The lowest BCUT2D eigenvalue weighted by Crippen LogP contribution is -3.05. The quantitative estimate of drug-likeness (QED) is 0.865. The Balaban J connectivity index is 1.82. The van der Waals surface area contributed by atoms with Crippen molar-refractivity contribution in [3.63, 3.8) is 0 Å². The van der Waals surface area contributed by atoms with Gasteiger partial charge in [0.15, 0.2) is 0 Å². The third kappa shape index (κ3) is 4.81. The fourth-order valence-electron chi connectivity index (χ4n) is 3.83. The van der Waals surface area contributed by atoms with Crippen molar-refractivity contribution in [1.29, 1.82) is 0 Å². The van der Waals surface area contributed by atoms with Gasteiger partial charge in [0, 0.05) is 25.2 Å². The lowest BCUT2D eigenvalue weighted by molar-refractivity contribution is -0.789. The first-order valence-corrected chi connectivity index (χ1v) is 7.72. The highest BCUT2D eigenvalue weighted by Crippen LogP contribution is 2.29. The summed E-state index contributed by atoms with van der Waals surface area (Å²) in [5.41, 5.74) is 1.05. The van der Waals surface area contributed by atoms with Crippen molar-refractivity contribution in [1.82, 2.24) is 4.98 Å². The smallest absolute Gasteiger partial charge is 0.339 e. The Hall–Kier alpha value is -1.42.